The second-order valence-corrected chi connectivity index (χ2v) is 8.09. The molecule has 3 aromatic rings. The van der Waals surface area contributed by atoms with Crippen LogP contribution >= 0.6 is 11.6 Å². The maximum absolute atomic E-state index is 13.0. The maximum Gasteiger partial charge on any atom is 0.262 e. The largest absolute Gasteiger partial charge is 0.398 e. The quantitative estimate of drug-likeness (QED) is 0.512. The Bertz CT molecular complexity index is 1140. The van der Waals surface area contributed by atoms with Crippen LogP contribution in [0.15, 0.2) is 53.4 Å². The lowest BCUT2D eigenvalue weighted by Crippen LogP contribution is -2.15. The number of anilines is 2. The SMILES string of the molecule is CC(=O)c1cccc2c(S(=O)(=O)Nc3cc(Cl)ccc3C)ccc(N)c12. The van der Waals surface area contributed by atoms with E-state index in [0.717, 1.165) is 5.56 Å². The number of rotatable bonds is 4. The highest BCUT2D eigenvalue weighted by atomic mass is 35.5. The van der Waals surface area contributed by atoms with Crippen molar-refractivity contribution in [3.63, 3.8) is 0 Å². The first-order valence-electron chi connectivity index (χ1n) is 7.82. The standard InChI is InChI=1S/C19H17ClN2O3S/c1-11-6-7-13(20)10-17(11)22-26(24,25)18-9-8-16(21)19-14(12(2)23)4-3-5-15(18)19/h3-10,22H,21H2,1-2H3. The fourth-order valence-electron chi connectivity index (χ4n) is 2.84. The van der Waals surface area contributed by atoms with Gasteiger partial charge in [0.15, 0.2) is 5.78 Å². The number of nitrogens with two attached hydrogens (primary N) is 1. The molecule has 0 aromatic heterocycles. The molecular formula is C19H17ClN2O3S. The van der Waals surface area contributed by atoms with Gasteiger partial charge in [0.05, 0.1) is 10.6 Å². The molecule has 134 valence electrons. The monoisotopic (exact) mass is 388 g/mol. The number of hydrogen-bond donors (Lipinski definition) is 2. The van der Waals surface area contributed by atoms with Gasteiger partial charge in [-0.1, -0.05) is 35.9 Å². The van der Waals surface area contributed by atoms with Gasteiger partial charge in [-0.05, 0) is 43.7 Å². The summed E-state index contributed by atoms with van der Waals surface area (Å²) in [6.07, 6.45) is 0. The van der Waals surface area contributed by atoms with E-state index < -0.39 is 10.0 Å². The first-order chi connectivity index (χ1) is 12.2. The number of Topliss-reactive ketones (excluding diaryl/α,β-unsaturated/α-hetero) is 1. The van der Waals surface area contributed by atoms with Crippen LogP contribution in [-0.2, 0) is 10.0 Å². The number of carbonyl (C=O) groups is 1. The van der Waals surface area contributed by atoms with Gasteiger partial charge in [0.2, 0.25) is 0 Å². The summed E-state index contributed by atoms with van der Waals surface area (Å²) in [5, 5.41) is 1.25. The third-order valence-electron chi connectivity index (χ3n) is 4.15. The molecule has 0 bridgehead atoms. The molecule has 0 saturated carbocycles. The van der Waals surface area contributed by atoms with Gasteiger partial charge in [0.25, 0.3) is 10.0 Å². The Labute approximate surface area is 156 Å². The number of benzene rings is 3. The summed E-state index contributed by atoms with van der Waals surface area (Å²) in [6, 6.07) is 12.8. The zero-order chi connectivity index (χ0) is 19.1. The van der Waals surface area contributed by atoms with Gasteiger partial charge in [0, 0.05) is 27.0 Å². The molecule has 0 saturated heterocycles. The molecule has 0 aliphatic rings. The van der Waals surface area contributed by atoms with Crippen LogP contribution in [0, 0.1) is 6.92 Å². The van der Waals surface area contributed by atoms with Crippen molar-refractivity contribution in [3.05, 3.63) is 64.7 Å². The Kier molecular flexibility index (Phi) is 4.64. The number of ketones is 1. The predicted octanol–water partition coefficient (Wildman–Crippen LogP) is 4.39. The van der Waals surface area contributed by atoms with Gasteiger partial charge in [0.1, 0.15) is 0 Å². The molecule has 3 rings (SSSR count). The fourth-order valence-corrected chi connectivity index (χ4v) is 4.34. The van der Waals surface area contributed by atoms with Gasteiger partial charge in [-0.2, -0.15) is 0 Å². The van der Waals surface area contributed by atoms with E-state index in [1.807, 2.05) is 0 Å². The van der Waals surface area contributed by atoms with Crippen molar-refractivity contribution < 1.29 is 13.2 Å². The molecule has 0 aliphatic carbocycles. The van der Waals surface area contributed by atoms with Gasteiger partial charge in [-0.15, -0.1) is 0 Å². The lowest BCUT2D eigenvalue weighted by atomic mass is 10.0. The molecule has 0 radical (unpaired) electrons. The summed E-state index contributed by atoms with van der Waals surface area (Å²) in [6.45, 7) is 3.20. The van der Waals surface area contributed by atoms with Crippen LogP contribution in [0.5, 0.6) is 0 Å². The van der Waals surface area contributed by atoms with Crippen molar-refractivity contribution in [2.24, 2.45) is 0 Å². The number of sulfonamides is 1. The number of aryl methyl sites for hydroxylation is 1. The summed E-state index contributed by atoms with van der Waals surface area (Å²) < 4.78 is 28.5. The van der Waals surface area contributed by atoms with E-state index in [-0.39, 0.29) is 10.7 Å². The number of fused-ring (bicyclic) bond motifs is 1. The van der Waals surface area contributed by atoms with E-state index in [4.69, 9.17) is 17.3 Å². The molecule has 26 heavy (non-hydrogen) atoms. The lowest BCUT2D eigenvalue weighted by molar-refractivity contribution is 0.101. The highest BCUT2D eigenvalue weighted by Gasteiger charge is 2.21. The second kappa shape index (κ2) is 6.63. The van der Waals surface area contributed by atoms with Gasteiger partial charge in [-0.25, -0.2) is 8.42 Å². The van der Waals surface area contributed by atoms with Crippen LogP contribution in [0.3, 0.4) is 0 Å². The summed E-state index contributed by atoms with van der Waals surface area (Å²) in [7, 11) is -3.91. The van der Waals surface area contributed by atoms with E-state index in [1.54, 1.807) is 43.3 Å². The molecule has 0 heterocycles. The summed E-state index contributed by atoms with van der Waals surface area (Å²) in [4.78, 5) is 12.0. The molecule has 0 unspecified atom stereocenters. The van der Waals surface area contributed by atoms with Crippen LogP contribution in [0.2, 0.25) is 5.02 Å². The maximum atomic E-state index is 13.0. The minimum atomic E-state index is -3.91. The second-order valence-electron chi connectivity index (χ2n) is 6.00. The van der Waals surface area contributed by atoms with Crippen LogP contribution in [0.25, 0.3) is 10.8 Å². The summed E-state index contributed by atoms with van der Waals surface area (Å²) in [5.41, 5.74) is 7.89. The zero-order valence-electron chi connectivity index (χ0n) is 14.2. The van der Waals surface area contributed by atoms with Crippen molar-refractivity contribution in [1.29, 1.82) is 0 Å². The van der Waals surface area contributed by atoms with E-state index in [9.17, 15) is 13.2 Å². The van der Waals surface area contributed by atoms with Gasteiger partial charge in [-0.3, -0.25) is 9.52 Å². The van der Waals surface area contributed by atoms with Crippen molar-refractivity contribution in [2.45, 2.75) is 18.7 Å². The number of nitrogen functional groups attached to an aromatic ring is 1. The molecule has 3 aromatic carbocycles. The Morgan fingerprint density at radius 3 is 2.54 bits per heavy atom. The van der Waals surface area contributed by atoms with E-state index in [0.29, 0.717) is 32.7 Å². The minimum Gasteiger partial charge on any atom is -0.398 e. The molecule has 0 atom stereocenters. The number of halogens is 1. The third-order valence-corrected chi connectivity index (χ3v) is 5.80. The topological polar surface area (TPSA) is 89.3 Å². The Balaban J connectivity index is 2.21. The van der Waals surface area contributed by atoms with Crippen molar-refractivity contribution in [1.82, 2.24) is 0 Å². The number of carbonyl (C=O) groups excluding carboxylic acids is 1. The molecule has 0 aliphatic heterocycles. The molecule has 0 fully saturated rings. The first-order valence-corrected chi connectivity index (χ1v) is 9.68. The Morgan fingerprint density at radius 1 is 1.12 bits per heavy atom. The van der Waals surface area contributed by atoms with Gasteiger partial charge < -0.3 is 5.73 Å². The zero-order valence-corrected chi connectivity index (χ0v) is 15.8. The average Bonchev–Trinajstić information content (AvgIpc) is 2.57. The van der Waals surface area contributed by atoms with E-state index in [2.05, 4.69) is 4.72 Å². The summed E-state index contributed by atoms with van der Waals surface area (Å²) in [5.74, 6) is -0.185. The molecule has 7 heteroatoms. The molecule has 0 spiro atoms. The third kappa shape index (κ3) is 3.25. The first kappa shape index (κ1) is 18.2. The molecule has 5 nitrogen and oxygen atoms in total. The highest BCUT2D eigenvalue weighted by Crippen LogP contribution is 2.32. The normalized spacial score (nSPS) is 11.5. The number of nitrogens with one attached hydrogen (secondary N) is 1. The summed E-state index contributed by atoms with van der Waals surface area (Å²) >= 11 is 5.97. The number of hydrogen-bond acceptors (Lipinski definition) is 4. The predicted molar refractivity (Wildman–Crippen MR) is 105 cm³/mol. The molecule has 0 amide bonds. The highest BCUT2D eigenvalue weighted by molar-refractivity contribution is 7.93. The molecule has 3 N–H and O–H groups in total. The van der Waals surface area contributed by atoms with Crippen molar-refractivity contribution in [3.8, 4) is 0 Å². The van der Waals surface area contributed by atoms with E-state index >= 15 is 0 Å². The van der Waals surface area contributed by atoms with Crippen molar-refractivity contribution >= 4 is 49.6 Å². The smallest absolute Gasteiger partial charge is 0.262 e. The minimum absolute atomic E-state index is 0.0455. The van der Waals surface area contributed by atoms with Gasteiger partial charge >= 0.3 is 0 Å². The molecular weight excluding hydrogens is 372 g/mol. The van der Waals surface area contributed by atoms with Crippen LogP contribution < -0.4 is 10.5 Å². The lowest BCUT2D eigenvalue weighted by Gasteiger charge is -2.15. The average molecular weight is 389 g/mol. The van der Waals surface area contributed by atoms with Crippen LogP contribution in [0.1, 0.15) is 22.8 Å². The van der Waals surface area contributed by atoms with Crippen molar-refractivity contribution in [2.75, 3.05) is 10.5 Å². The van der Waals surface area contributed by atoms with Crippen LogP contribution in [-0.4, -0.2) is 14.2 Å². The Hall–Kier alpha value is -2.57. The van der Waals surface area contributed by atoms with E-state index in [1.165, 1.54) is 19.1 Å². The Morgan fingerprint density at radius 2 is 1.85 bits per heavy atom. The fraction of sp³-hybridized carbons (Fsp3) is 0.105. The van der Waals surface area contributed by atoms with Crippen LogP contribution in [0.4, 0.5) is 11.4 Å².